The predicted molar refractivity (Wildman–Crippen MR) is 110 cm³/mol. The average molecular weight is 463 g/mol. The topological polar surface area (TPSA) is 98.5 Å². The second-order valence-electron chi connectivity index (χ2n) is 6.92. The van der Waals surface area contributed by atoms with Crippen LogP contribution in [0.1, 0.15) is 11.5 Å². The van der Waals surface area contributed by atoms with Gasteiger partial charge in [0, 0.05) is 23.7 Å². The lowest BCUT2D eigenvalue weighted by Crippen LogP contribution is -2.08. The monoisotopic (exact) mass is 463 g/mol. The molecule has 4 aromatic rings. The number of rotatable bonds is 5. The number of ether oxygens (including phenoxy) is 1. The van der Waals surface area contributed by atoms with Crippen molar-refractivity contribution >= 4 is 27.1 Å². The zero-order chi connectivity index (χ0) is 23.1. The van der Waals surface area contributed by atoms with Gasteiger partial charge in [-0.15, -0.1) is 5.10 Å². The van der Waals surface area contributed by atoms with Crippen molar-refractivity contribution in [3.8, 4) is 11.5 Å². The fourth-order valence-electron chi connectivity index (χ4n) is 2.84. The van der Waals surface area contributed by atoms with Crippen molar-refractivity contribution in [3.05, 3.63) is 66.1 Å². The molecule has 2 heterocycles. The summed E-state index contributed by atoms with van der Waals surface area (Å²) in [5.41, 5.74) is 1.04. The maximum atomic E-state index is 13.0. The molecule has 166 valence electrons. The van der Waals surface area contributed by atoms with Gasteiger partial charge in [-0.1, -0.05) is 0 Å². The molecule has 0 aliphatic rings. The van der Waals surface area contributed by atoms with Crippen molar-refractivity contribution in [1.82, 2.24) is 19.6 Å². The van der Waals surface area contributed by atoms with Crippen molar-refractivity contribution in [1.29, 1.82) is 0 Å². The van der Waals surface area contributed by atoms with Gasteiger partial charge in [0.05, 0.1) is 4.90 Å². The SMILES string of the molecule is Cc1cc(Nc2ccc(Oc3ccc(S(C)(=O)=O)cc3)cc2)n2nc(C(F)(F)F)nc2n1. The molecular weight excluding hydrogens is 447 g/mol. The molecule has 0 aliphatic heterocycles. The molecular formula is C20H16F3N5O3S. The molecule has 32 heavy (non-hydrogen) atoms. The first kappa shape index (κ1) is 21.6. The lowest BCUT2D eigenvalue weighted by Gasteiger charge is -2.10. The molecule has 0 saturated heterocycles. The summed E-state index contributed by atoms with van der Waals surface area (Å²) in [7, 11) is -3.30. The van der Waals surface area contributed by atoms with E-state index in [0.29, 0.717) is 22.9 Å². The van der Waals surface area contributed by atoms with Crippen LogP contribution in [0.25, 0.3) is 5.78 Å². The Hall–Kier alpha value is -3.67. The third kappa shape index (κ3) is 4.64. The van der Waals surface area contributed by atoms with E-state index in [4.69, 9.17) is 4.74 Å². The lowest BCUT2D eigenvalue weighted by atomic mass is 10.3. The minimum Gasteiger partial charge on any atom is -0.457 e. The average Bonchev–Trinajstić information content (AvgIpc) is 3.14. The second-order valence-corrected chi connectivity index (χ2v) is 8.94. The molecule has 8 nitrogen and oxygen atoms in total. The summed E-state index contributed by atoms with van der Waals surface area (Å²) in [4.78, 5) is 7.62. The van der Waals surface area contributed by atoms with E-state index in [2.05, 4.69) is 20.4 Å². The summed E-state index contributed by atoms with van der Waals surface area (Å²) in [6.45, 7) is 1.64. The lowest BCUT2D eigenvalue weighted by molar-refractivity contribution is -0.144. The van der Waals surface area contributed by atoms with Crippen LogP contribution in [0.4, 0.5) is 24.7 Å². The number of nitrogens with zero attached hydrogens (tertiary/aromatic N) is 4. The van der Waals surface area contributed by atoms with E-state index in [1.165, 1.54) is 12.1 Å². The third-order valence-electron chi connectivity index (χ3n) is 4.31. The van der Waals surface area contributed by atoms with Gasteiger partial charge in [-0.3, -0.25) is 0 Å². The Morgan fingerprint density at radius 1 is 0.969 bits per heavy atom. The summed E-state index contributed by atoms with van der Waals surface area (Å²) in [5, 5.41) is 6.51. The minimum absolute atomic E-state index is 0.169. The van der Waals surface area contributed by atoms with Crippen LogP contribution < -0.4 is 10.1 Å². The molecule has 0 bridgehead atoms. The maximum absolute atomic E-state index is 13.0. The summed E-state index contributed by atoms with van der Waals surface area (Å²) in [6, 6.07) is 14.2. The highest BCUT2D eigenvalue weighted by Crippen LogP contribution is 2.29. The first-order chi connectivity index (χ1) is 15.0. The highest BCUT2D eigenvalue weighted by Gasteiger charge is 2.36. The van der Waals surface area contributed by atoms with E-state index in [1.807, 2.05) is 0 Å². The van der Waals surface area contributed by atoms with E-state index in [1.54, 1.807) is 49.4 Å². The molecule has 4 rings (SSSR count). The largest absolute Gasteiger partial charge is 0.457 e. The van der Waals surface area contributed by atoms with Crippen LogP contribution in [0.5, 0.6) is 11.5 Å². The van der Waals surface area contributed by atoms with E-state index < -0.39 is 21.8 Å². The van der Waals surface area contributed by atoms with Gasteiger partial charge in [-0.2, -0.15) is 22.7 Å². The molecule has 0 unspecified atom stereocenters. The number of hydrogen-bond donors (Lipinski definition) is 1. The number of nitrogens with one attached hydrogen (secondary N) is 1. The van der Waals surface area contributed by atoms with Gasteiger partial charge in [0.1, 0.15) is 17.3 Å². The number of benzene rings is 2. The summed E-state index contributed by atoms with van der Waals surface area (Å²) in [6.07, 6.45) is -3.56. The zero-order valence-electron chi connectivity index (χ0n) is 16.8. The van der Waals surface area contributed by atoms with E-state index in [-0.39, 0.29) is 16.5 Å². The molecule has 0 atom stereocenters. The van der Waals surface area contributed by atoms with Crippen LogP contribution in [-0.2, 0) is 16.0 Å². The highest BCUT2D eigenvalue weighted by atomic mass is 32.2. The fourth-order valence-corrected chi connectivity index (χ4v) is 3.47. The van der Waals surface area contributed by atoms with Crippen LogP contribution in [0.15, 0.2) is 59.5 Å². The molecule has 0 aliphatic carbocycles. The second kappa shape index (κ2) is 7.79. The number of sulfone groups is 1. The Bertz CT molecular complexity index is 1380. The normalized spacial score (nSPS) is 12.2. The molecule has 0 radical (unpaired) electrons. The first-order valence-electron chi connectivity index (χ1n) is 9.16. The van der Waals surface area contributed by atoms with E-state index in [9.17, 15) is 21.6 Å². The van der Waals surface area contributed by atoms with Crippen molar-refractivity contribution in [3.63, 3.8) is 0 Å². The molecule has 0 spiro atoms. The molecule has 2 aromatic heterocycles. The minimum atomic E-state index is -4.68. The van der Waals surface area contributed by atoms with Crippen molar-refractivity contribution in [2.24, 2.45) is 0 Å². The van der Waals surface area contributed by atoms with Gasteiger partial charge in [-0.05, 0) is 55.5 Å². The number of anilines is 2. The maximum Gasteiger partial charge on any atom is 0.453 e. The number of halogens is 3. The van der Waals surface area contributed by atoms with Gasteiger partial charge in [-0.25, -0.2) is 13.4 Å². The van der Waals surface area contributed by atoms with Crippen molar-refractivity contribution in [2.75, 3.05) is 11.6 Å². The highest BCUT2D eigenvalue weighted by molar-refractivity contribution is 7.90. The number of aryl methyl sites for hydroxylation is 1. The van der Waals surface area contributed by atoms with Gasteiger partial charge in [0.25, 0.3) is 11.6 Å². The molecule has 0 saturated carbocycles. The van der Waals surface area contributed by atoms with Crippen LogP contribution in [0.3, 0.4) is 0 Å². The van der Waals surface area contributed by atoms with E-state index >= 15 is 0 Å². The number of fused-ring (bicyclic) bond motifs is 1. The third-order valence-corrected chi connectivity index (χ3v) is 5.44. The number of alkyl halides is 3. The Morgan fingerprint density at radius 3 is 2.12 bits per heavy atom. The molecule has 1 N–H and O–H groups in total. The zero-order valence-corrected chi connectivity index (χ0v) is 17.6. The smallest absolute Gasteiger partial charge is 0.453 e. The molecule has 0 amide bonds. The predicted octanol–water partition coefficient (Wildman–Crippen LogP) is 4.39. The molecule has 2 aromatic carbocycles. The van der Waals surface area contributed by atoms with Gasteiger partial charge in [0.2, 0.25) is 0 Å². The summed E-state index contributed by atoms with van der Waals surface area (Å²) < 4.78 is 68.6. The number of aromatic nitrogens is 4. The summed E-state index contributed by atoms with van der Waals surface area (Å²) >= 11 is 0. The quantitative estimate of drug-likeness (QED) is 0.469. The Kier molecular flexibility index (Phi) is 5.25. The Labute approximate surface area is 180 Å². The van der Waals surface area contributed by atoms with E-state index in [0.717, 1.165) is 10.8 Å². The Morgan fingerprint density at radius 2 is 1.56 bits per heavy atom. The van der Waals surface area contributed by atoms with Gasteiger partial charge >= 0.3 is 6.18 Å². The Balaban J connectivity index is 1.54. The first-order valence-corrected chi connectivity index (χ1v) is 11.0. The molecule has 12 heteroatoms. The standard InChI is InChI=1S/C20H16F3N5O3S/c1-12-11-17(28-19(24-12)26-18(27-28)20(21,22)23)25-13-3-5-14(6-4-13)31-15-7-9-16(10-8-15)32(2,29)30/h3-11,25H,1-2H3. The van der Waals surface area contributed by atoms with Gasteiger partial charge in [0.15, 0.2) is 9.84 Å². The van der Waals surface area contributed by atoms with Gasteiger partial charge < -0.3 is 10.1 Å². The van der Waals surface area contributed by atoms with Crippen LogP contribution in [0.2, 0.25) is 0 Å². The molecule has 0 fully saturated rings. The van der Waals surface area contributed by atoms with Crippen LogP contribution >= 0.6 is 0 Å². The fraction of sp³-hybridized carbons (Fsp3) is 0.150. The van der Waals surface area contributed by atoms with Crippen molar-refractivity contribution < 1.29 is 26.3 Å². The summed E-state index contributed by atoms with van der Waals surface area (Å²) in [5.74, 6) is -0.243. The van der Waals surface area contributed by atoms with Crippen molar-refractivity contribution in [2.45, 2.75) is 18.0 Å². The van der Waals surface area contributed by atoms with Crippen LogP contribution in [0, 0.1) is 6.92 Å². The number of hydrogen-bond acceptors (Lipinski definition) is 7. The van der Waals surface area contributed by atoms with Crippen LogP contribution in [-0.4, -0.2) is 34.3 Å².